The lowest BCUT2D eigenvalue weighted by Gasteiger charge is -2.05. The highest BCUT2D eigenvalue weighted by Crippen LogP contribution is 2.31. The molecule has 2 aromatic heterocycles. The van der Waals surface area contributed by atoms with Crippen LogP contribution < -0.4 is 15.4 Å². The molecule has 0 atom stereocenters. The van der Waals surface area contributed by atoms with Crippen LogP contribution in [0.1, 0.15) is 10.6 Å². The molecule has 0 unspecified atom stereocenters. The molecule has 0 saturated carbocycles. The molecule has 2 N–H and O–H groups in total. The minimum Gasteiger partial charge on any atom is -0.497 e. The van der Waals surface area contributed by atoms with Crippen LogP contribution >= 0.6 is 23.6 Å². The average molecular weight is 481 g/mol. The zero-order chi connectivity index (χ0) is 23.4. The van der Waals surface area contributed by atoms with Crippen LogP contribution in [0.5, 0.6) is 5.75 Å². The van der Waals surface area contributed by atoms with E-state index < -0.39 is 10.8 Å². The second-order valence-corrected chi connectivity index (χ2v) is 7.88. The van der Waals surface area contributed by atoms with E-state index in [0.717, 1.165) is 17.0 Å². The third-order valence-corrected chi connectivity index (χ3v) is 5.50. The van der Waals surface area contributed by atoms with Crippen LogP contribution in [0.15, 0.2) is 70.5 Å². The highest BCUT2D eigenvalue weighted by atomic mass is 32.1. The molecule has 2 heterocycles. The lowest BCUT2D eigenvalue weighted by molar-refractivity contribution is -0.384. The van der Waals surface area contributed by atoms with Gasteiger partial charge >= 0.3 is 0 Å². The Bertz CT molecular complexity index is 1330. The van der Waals surface area contributed by atoms with Gasteiger partial charge in [-0.3, -0.25) is 20.2 Å². The number of methoxy groups -OCH3 is 1. The summed E-state index contributed by atoms with van der Waals surface area (Å²) in [6.45, 7) is 0. The van der Waals surface area contributed by atoms with Crippen molar-refractivity contribution in [2.75, 3.05) is 12.4 Å². The van der Waals surface area contributed by atoms with Crippen LogP contribution in [0.2, 0.25) is 0 Å². The number of furan rings is 1. The fraction of sp³-hybridized carbons (Fsp3) is 0.0455. The van der Waals surface area contributed by atoms with E-state index in [-0.39, 0.29) is 27.9 Å². The molecule has 0 aliphatic carbocycles. The van der Waals surface area contributed by atoms with Gasteiger partial charge in [-0.2, -0.15) is 0 Å². The maximum atomic E-state index is 12.5. The number of para-hydroxylation sites is 1. The molecule has 11 heteroatoms. The Morgan fingerprint density at radius 3 is 2.64 bits per heavy atom. The van der Waals surface area contributed by atoms with Gasteiger partial charge in [0.05, 0.1) is 23.3 Å². The summed E-state index contributed by atoms with van der Waals surface area (Å²) in [4.78, 5) is 27.7. The van der Waals surface area contributed by atoms with Gasteiger partial charge in [0.1, 0.15) is 11.5 Å². The number of rotatable bonds is 6. The number of nitrogens with one attached hydrogen (secondary N) is 2. The summed E-state index contributed by atoms with van der Waals surface area (Å²) in [5.74, 6) is 0.323. The first kappa shape index (κ1) is 22.1. The van der Waals surface area contributed by atoms with Crippen LogP contribution in [0.25, 0.3) is 22.6 Å². The molecule has 0 aliphatic rings. The molecule has 0 radical (unpaired) electrons. The van der Waals surface area contributed by atoms with E-state index in [1.807, 2.05) is 29.6 Å². The van der Waals surface area contributed by atoms with Crippen LogP contribution in [0.3, 0.4) is 0 Å². The van der Waals surface area contributed by atoms with Crippen molar-refractivity contribution in [1.29, 1.82) is 0 Å². The topological polar surface area (TPSA) is 120 Å². The standard InChI is InChI=1S/C22H16N4O5S2/c1-30-14-8-6-13(7-9-14)16-12-33-22(23-16)25-21(32)24-20(27)19-11-10-18(31-19)15-4-2-3-5-17(15)26(28)29/h2-12H,1H3,(H2,23,24,25,27,32). The number of benzene rings is 2. The molecule has 9 nitrogen and oxygen atoms in total. The van der Waals surface area contributed by atoms with Gasteiger partial charge in [-0.1, -0.05) is 12.1 Å². The number of hydrogen-bond acceptors (Lipinski definition) is 8. The quantitative estimate of drug-likeness (QED) is 0.222. The van der Waals surface area contributed by atoms with Gasteiger partial charge in [-0.25, -0.2) is 4.98 Å². The number of thiocarbonyl (C=S) groups is 1. The van der Waals surface area contributed by atoms with E-state index in [4.69, 9.17) is 21.4 Å². The van der Waals surface area contributed by atoms with Crippen LogP contribution in [0.4, 0.5) is 10.8 Å². The first-order chi connectivity index (χ1) is 15.9. The summed E-state index contributed by atoms with van der Waals surface area (Å²) in [5.41, 5.74) is 1.82. The molecular weight excluding hydrogens is 464 g/mol. The predicted octanol–water partition coefficient (Wildman–Crippen LogP) is 5.11. The molecule has 33 heavy (non-hydrogen) atoms. The third-order valence-electron chi connectivity index (χ3n) is 4.53. The van der Waals surface area contributed by atoms with Gasteiger partial charge in [0.2, 0.25) is 0 Å². The predicted molar refractivity (Wildman–Crippen MR) is 129 cm³/mol. The number of hydrogen-bond donors (Lipinski definition) is 2. The number of amides is 1. The number of anilines is 1. The second-order valence-electron chi connectivity index (χ2n) is 6.61. The van der Waals surface area contributed by atoms with E-state index in [9.17, 15) is 14.9 Å². The van der Waals surface area contributed by atoms with Crippen molar-refractivity contribution in [3.8, 4) is 28.3 Å². The van der Waals surface area contributed by atoms with Crippen molar-refractivity contribution in [3.05, 3.63) is 81.9 Å². The highest BCUT2D eigenvalue weighted by Gasteiger charge is 2.20. The van der Waals surface area contributed by atoms with Gasteiger partial charge in [0.25, 0.3) is 11.6 Å². The molecule has 0 spiro atoms. The fourth-order valence-corrected chi connectivity index (χ4v) is 3.94. The van der Waals surface area contributed by atoms with Crippen molar-refractivity contribution in [1.82, 2.24) is 10.3 Å². The number of thiazole rings is 1. The van der Waals surface area contributed by atoms with E-state index in [1.165, 1.54) is 29.5 Å². The Hall–Kier alpha value is -4.09. The summed E-state index contributed by atoms with van der Waals surface area (Å²) < 4.78 is 10.7. The molecule has 0 saturated heterocycles. The van der Waals surface area contributed by atoms with Crippen molar-refractivity contribution in [2.45, 2.75) is 0 Å². The summed E-state index contributed by atoms with van der Waals surface area (Å²) in [5, 5.41) is 19.0. The molecule has 1 amide bonds. The van der Waals surface area contributed by atoms with Crippen molar-refractivity contribution < 1.29 is 18.9 Å². The summed E-state index contributed by atoms with van der Waals surface area (Å²) >= 11 is 6.53. The molecule has 4 aromatic rings. The molecule has 0 bridgehead atoms. The molecule has 0 aliphatic heterocycles. The van der Waals surface area contributed by atoms with Gasteiger partial charge in [-0.15, -0.1) is 11.3 Å². The first-order valence-electron chi connectivity index (χ1n) is 9.50. The Morgan fingerprint density at radius 1 is 1.15 bits per heavy atom. The molecule has 0 fully saturated rings. The van der Waals surface area contributed by atoms with Crippen molar-refractivity contribution >= 4 is 45.4 Å². The van der Waals surface area contributed by atoms with Crippen LogP contribution in [-0.4, -0.2) is 28.0 Å². The number of aromatic nitrogens is 1. The van der Waals surface area contributed by atoms with Crippen LogP contribution in [-0.2, 0) is 0 Å². The lowest BCUT2D eigenvalue weighted by Crippen LogP contribution is -2.33. The minimum absolute atomic E-state index is 0.0367. The number of nitro benzene ring substituents is 1. The average Bonchev–Trinajstić information content (AvgIpc) is 3.49. The molecule has 2 aromatic carbocycles. The second kappa shape index (κ2) is 9.59. The summed E-state index contributed by atoms with van der Waals surface area (Å²) in [7, 11) is 1.60. The largest absolute Gasteiger partial charge is 0.497 e. The van der Waals surface area contributed by atoms with Crippen LogP contribution in [0, 0.1) is 10.1 Å². The Labute approximate surface area is 197 Å². The Morgan fingerprint density at radius 2 is 1.91 bits per heavy atom. The summed E-state index contributed by atoms with van der Waals surface area (Å²) in [6, 6.07) is 16.5. The van der Waals surface area contributed by atoms with E-state index >= 15 is 0 Å². The number of nitro groups is 1. The number of ether oxygens (including phenoxy) is 1. The zero-order valence-corrected chi connectivity index (χ0v) is 18.7. The van der Waals surface area contributed by atoms with Gasteiger partial charge in [-0.05, 0) is 54.7 Å². The van der Waals surface area contributed by atoms with E-state index in [1.54, 1.807) is 25.3 Å². The monoisotopic (exact) mass is 480 g/mol. The number of carbonyl (C=O) groups is 1. The maximum absolute atomic E-state index is 12.5. The van der Waals surface area contributed by atoms with Gasteiger partial charge < -0.3 is 14.5 Å². The normalized spacial score (nSPS) is 10.5. The van der Waals surface area contributed by atoms with Crippen molar-refractivity contribution in [2.24, 2.45) is 0 Å². The van der Waals surface area contributed by atoms with Gasteiger partial charge in [0, 0.05) is 17.0 Å². The minimum atomic E-state index is -0.593. The number of nitrogens with zero attached hydrogens (tertiary/aromatic N) is 2. The lowest BCUT2D eigenvalue weighted by atomic mass is 10.1. The smallest absolute Gasteiger partial charge is 0.293 e. The molecular formula is C22H16N4O5S2. The molecule has 4 rings (SSSR count). The van der Waals surface area contributed by atoms with Gasteiger partial charge in [0.15, 0.2) is 16.0 Å². The zero-order valence-electron chi connectivity index (χ0n) is 17.1. The third kappa shape index (κ3) is 5.05. The van der Waals surface area contributed by atoms with Crippen molar-refractivity contribution in [3.63, 3.8) is 0 Å². The summed E-state index contributed by atoms with van der Waals surface area (Å²) in [6.07, 6.45) is 0. The SMILES string of the molecule is COc1ccc(-c2csc(NC(=S)NC(=O)c3ccc(-c4ccccc4[N+](=O)[O-])o3)n2)cc1. The highest BCUT2D eigenvalue weighted by molar-refractivity contribution is 7.80. The fourth-order valence-electron chi connectivity index (χ4n) is 2.96. The van der Waals surface area contributed by atoms with E-state index in [0.29, 0.717) is 5.13 Å². The number of carbonyl (C=O) groups excluding carboxylic acids is 1. The Balaban J connectivity index is 1.40. The first-order valence-corrected chi connectivity index (χ1v) is 10.8. The maximum Gasteiger partial charge on any atom is 0.293 e. The van der Waals surface area contributed by atoms with E-state index in [2.05, 4.69) is 15.6 Å². The Kier molecular flexibility index (Phi) is 6.43. The molecule has 166 valence electrons.